The van der Waals surface area contributed by atoms with Gasteiger partial charge in [0.15, 0.2) is 5.83 Å². The molecule has 4 rings (SSSR count). The van der Waals surface area contributed by atoms with Crippen LogP contribution >= 0.6 is 0 Å². The maximum absolute atomic E-state index is 13.5. The van der Waals surface area contributed by atoms with E-state index < -0.39 is 11.7 Å². The molecule has 0 radical (unpaired) electrons. The van der Waals surface area contributed by atoms with Crippen LogP contribution in [0.4, 0.5) is 21.7 Å². The molecule has 10 nitrogen and oxygen atoms in total. The Morgan fingerprint density at radius 2 is 1.95 bits per heavy atom. The predicted molar refractivity (Wildman–Crippen MR) is 141 cm³/mol. The first-order chi connectivity index (χ1) is 17.8. The molecule has 0 spiro atoms. The van der Waals surface area contributed by atoms with Gasteiger partial charge in [0.25, 0.3) is 5.91 Å². The number of hydrogen-bond donors (Lipinski definition) is 2. The van der Waals surface area contributed by atoms with Gasteiger partial charge in [-0.2, -0.15) is 5.10 Å². The number of likely N-dealkylation sites (N-methyl/N-ethyl adjacent to an activating group) is 1. The summed E-state index contributed by atoms with van der Waals surface area (Å²) in [6, 6.07) is 12.8. The summed E-state index contributed by atoms with van der Waals surface area (Å²) in [4.78, 5) is 23.0. The molecule has 0 aliphatic heterocycles. The van der Waals surface area contributed by atoms with Crippen LogP contribution in [0.15, 0.2) is 61.1 Å². The number of ether oxygens (including phenoxy) is 2. The molecule has 0 saturated heterocycles. The van der Waals surface area contributed by atoms with Crippen molar-refractivity contribution in [3.8, 4) is 22.9 Å². The fourth-order valence-corrected chi connectivity index (χ4v) is 3.70. The predicted octanol–water partition coefficient (Wildman–Crippen LogP) is 4.14. The first-order valence-electron chi connectivity index (χ1n) is 11.4. The third-order valence-electron chi connectivity index (χ3n) is 5.48. The van der Waals surface area contributed by atoms with Gasteiger partial charge >= 0.3 is 0 Å². The van der Waals surface area contributed by atoms with Crippen LogP contribution in [-0.4, -0.2) is 64.9 Å². The van der Waals surface area contributed by atoms with E-state index in [2.05, 4.69) is 32.3 Å². The van der Waals surface area contributed by atoms with Gasteiger partial charge in [0.1, 0.15) is 18.1 Å². The maximum Gasteiger partial charge on any atom is 0.283 e. The number of amides is 1. The molecule has 0 atom stereocenters. The van der Waals surface area contributed by atoms with Crippen molar-refractivity contribution >= 4 is 34.1 Å². The molecule has 2 heterocycles. The molecular formula is C26H28FN7O3. The van der Waals surface area contributed by atoms with E-state index in [-0.39, 0.29) is 11.6 Å². The molecular weight excluding hydrogens is 477 g/mol. The Bertz CT molecular complexity index is 1450. The smallest absolute Gasteiger partial charge is 0.283 e. The van der Waals surface area contributed by atoms with Gasteiger partial charge in [-0.25, -0.2) is 14.4 Å². The van der Waals surface area contributed by atoms with Crippen molar-refractivity contribution in [2.75, 3.05) is 45.0 Å². The van der Waals surface area contributed by atoms with Gasteiger partial charge < -0.3 is 25.0 Å². The zero-order valence-corrected chi connectivity index (χ0v) is 21.1. The highest BCUT2D eigenvalue weighted by molar-refractivity contribution is 6.03. The third-order valence-corrected chi connectivity index (χ3v) is 5.48. The van der Waals surface area contributed by atoms with Gasteiger partial charge in [-0.05, 0) is 32.3 Å². The second-order valence-electron chi connectivity index (χ2n) is 8.44. The van der Waals surface area contributed by atoms with E-state index in [4.69, 9.17) is 9.47 Å². The van der Waals surface area contributed by atoms with E-state index >= 15 is 0 Å². The lowest BCUT2D eigenvalue weighted by Crippen LogP contribution is -2.20. The lowest BCUT2D eigenvalue weighted by atomic mass is 10.1. The number of benzene rings is 2. The molecule has 2 aromatic carbocycles. The van der Waals surface area contributed by atoms with Crippen LogP contribution in [0.5, 0.6) is 11.5 Å². The minimum atomic E-state index is -1.12. The maximum atomic E-state index is 13.5. The Morgan fingerprint density at radius 1 is 1.16 bits per heavy atom. The van der Waals surface area contributed by atoms with Crippen LogP contribution in [0.1, 0.15) is 0 Å². The number of carbonyl (C=O) groups is 1. The highest BCUT2D eigenvalue weighted by atomic mass is 19.1. The van der Waals surface area contributed by atoms with Gasteiger partial charge in [0, 0.05) is 31.2 Å². The average molecular weight is 506 g/mol. The van der Waals surface area contributed by atoms with E-state index in [1.165, 1.54) is 7.11 Å². The fraction of sp³-hybridized carbons (Fsp3) is 0.231. The second kappa shape index (κ2) is 11.0. The van der Waals surface area contributed by atoms with Crippen LogP contribution in [0.2, 0.25) is 0 Å². The van der Waals surface area contributed by atoms with Crippen molar-refractivity contribution in [2.24, 2.45) is 7.05 Å². The minimum absolute atomic E-state index is 0.236. The molecule has 2 aromatic heterocycles. The Kier molecular flexibility index (Phi) is 7.63. The molecule has 0 aliphatic carbocycles. The highest BCUT2D eigenvalue weighted by Gasteiger charge is 2.18. The summed E-state index contributed by atoms with van der Waals surface area (Å²) in [6.07, 6.45) is 1.63. The SMILES string of the molecule is C=C(F)C(=O)Nc1cc(Nc2nccc(-c3c4ccccc4nn3C)n2)c(OC)cc1OCCN(C)C. The molecule has 2 N–H and O–H groups in total. The van der Waals surface area contributed by atoms with Gasteiger partial charge in [0.2, 0.25) is 5.95 Å². The molecule has 37 heavy (non-hydrogen) atoms. The molecule has 4 aromatic rings. The number of anilines is 3. The standard InChI is InChI=1S/C26H28FN7O3/c1-16(27)25(35)29-21-14-20(22(36-5)15-23(21)37-13-12-33(2)3)31-26-28-11-10-19(30-26)24-17-8-6-7-9-18(17)32-34(24)4/h6-11,14-15H,1,12-13H2,2-5H3,(H,29,35)(H,28,30,31). The summed E-state index contributed by atoms with van der Waals surface area (Å²) in [5, 5.41) is 11.1. The van der Waals surface area contributed by atoms with E-state index in [1.54, 1.807) is 29.1 Å². The molecule has 0 aliphatic rings. The molecule has 0 unspecified atom stereocenters. The van der Waals surface area contributed by atoms with Crippen LogP contribution in [0.25, 0.3) is 22.3 Å². The number of aromatic nitrogens is 4. The number of methoxy groups -OCH3 is 1. The summed E-state index contributed by atoms with van der Waals surface area (Å²) >= 11 is 0. The zero-order chi connectivity index (χ0) is 26.5. The van der Waals surface area contributed by atoms with Crippen molar-refractivity contribution in [3.63, 3.8) is 0 Å². The second-order valence-corrected chi connectivity index (χ2v) is 8.44. The van der Waals surface area contributed by atoms with Gasteiger partial charge in [0.05, 0.1) is 35.4 Å². The van der Waals surface area contributed by atoms with Crippen LogP contribution in [0.3, 0.4) is 0 Å². The van der Waals surface area contributed by atoms with Gasteiger partial charge in [-0.15, -0.1) is 0 Å². The largest absolute Gasteiger partial charge is 0.494 e. The Morgan fingerprint density at radius 3 is 2.68 bits per heavy atom. The zero-order valence-electron chi connectivity index (χ0n) is 21.1. The van der Waals surface area contributed by atoms with E-state index in [0.717, 1.165) is 16.6 Å². The number of fused-ring (bicyclic) bond motifs is 1. The molecule has 0 bridgehead atoms. The Hall–Kier alpha value is -4.51. The lowest BCUT2D eigenvalue weighted by molar-refractivity contribution is -0.114. The van der Waals surface area contributed by atoms with E-state index in [9.17, 15) is 9.18 Å². The number of halogens is 1. The summed E-state index contributed by atoms with van der Waals surface area (Å²) in [5.41, 5.74) is 3.04. The number of rotatable bonds is 10. The van der Waals surface area contributed by atoms with Crippen molar-refractivity contribution in [3.05, 3.63) is 61.1 Å². The quantitative estimate of drug-likeness (QED) is 0.310. The summed E-state index contributed by atoms with van der Waals surface area (Å²) in [5.74, 6) is -1.08. The number of nitrogens with one attached hydrogen (secondary N) is 2. The fourth-order valence-electron chi connectivity index (χ4n) is 3.70. The first-order valence-corrected chi connectivity index (χ1v) is 11.4. The molecule has 0 saturated carbocycles. The van der Waals surface area contributed by atoms with Gasteiger partial charge in [-0.3, -0.25) is 9.48 Å². The van der Waals surface area contributed by atoms with E-state index in [0.29, 0.717) is 36.0 Å². The first kappa shape index (κ1) is 25.6. The molecule has 0 fully saturated rings. The number of carbonyl (C=O) groups excluding carboxylic acids is 1. The van der Waals surface area contributed by atoms with Crippen molar-refractivity contribution < 1.29 is 18.7 Å². The van der Waals surface area contributed by atoms with Gasteiger partial charge in [-0.1, -0.05) is 24.8 Å². The lowest BCUT2D eigenvalue weighted by Gasteiger charge is -2.18. The molecule has 192 valence electrons. The van der Waals surface area contributed by atoms with Crippen molar-refractivity contribution in [1.29, 1.82) is 0 Å². The topological polar surface area (TPSA) is 106 Å². The van der Waals surface area contributed by atoms with Crippen LogP contribution < -0.4 is 20.1 Å². The molecule has 1 amide bonds. The van der Waals surface area contributed by atoms with Crippen LogP contribution in [0, 0.1) is 0 Å². The Labute approximate surface area is 213 Å². The monoisotopic (exact) mass is 505 g/mol. The highest BCUT2D eigenvalue weighted by Crippen LogP contribution is 2.38. The van der Waals surface area contributed by atoms with Crippen LogP contribution in [-0.2, 0) is 11.8 Å². The summed E-state index contributed by atoms with van der Waals surface area (Å²) in [7, 11) is 7.19. The summed E-state index contributed by atoms with van der Waals surface area (Å²) in [6.45, 7) is 4.03. The Balaban J connectivity index is 1.69. The normalized spacial score (nSPS) is 11.0. The van der Waals surface area contributed by atoms with Crippen molar-refractivity contribution in [2.45, 2.75) is 0 Å². The van der Waals surface area contributed by atoms with Crippen molar-refractivity contribution in [1.82, 2.24) is 24.6 Å². The van der Waals surface area contributed by atoms with E-state index in [1.807, 2.05) is 50.3 Å². The third kappa shape index (κ3) is 5.84. The minimum Gasteiger partial charge on any atom is -0.494 e. The molecule has 11 heteroatoms. The number of aryl methyl sites for hydroxylation is 1. The summed E-state index contributed by atoms with van der Waals surface area (Å²) < 4.78 is 26.6. The number of nitrogens with zero attached hydrogens (tertiary/aromatic N) is 5. The average Bonchev–Trinajstić information content (AvgIpc) is 3.20. The number of hydrogen-bond acceptors (Lipinski definition) is 8.